The molecule has 0 bridgehead atoms. The summed E-state index contributed by atoms with van der Waals surface area (Å²) in [5.41, 5.74) is 0.401. The highest BCUT2D eigenvalue weighted by Gasteiger charge is 2.36. The third-order valence-electron chi connectivity index (χ3n) is 1.69. The van der Waals surface area contributed by atoms with Crippen molar-refractivity contribution in [2.24, 2.45) is 0 Å². The molecule has 0 heterocycles. The van der Waals surface area contributed by atoms with Crippen LogP contribution >= 0.6 is 27.5 Å². The molecule has 0 aliphatic carbocycles. The zero-order valence-electron chi connectivity index (χ0n) is 7.15. The Bertz CT molecular complexity index is 374. The van der Waals surface area contributed by atoms with E-state index in [0.29, 0.717) is 10.6 Å². The Labute approximate surface area is 93.2 Å². The van der Waals surface area contributed by atoms with Crippen LogP contribution in [0, 0.1) is 6.92 Å². The first-order chi connectivity index (χ1) is 6.32. The summed E-state index contributed by atoms with van der Waals surface area (Å²) in [5.74, 6) is -1.26. The van der Waals surface area contributed by atoms with Gasteiger partial charge in [0, 0.05) is 10.6 Å². The molecule has 76 valence electrons. The topological polar surface area (TPSA) is 17.1 Å². The third-order valence-corrected chi connectivity index (χ3v) is 2.29. The highest BCUT2D eigenvalue weighted by molar-refractivity contribution is 9.10. The van der Waals surface area contributed by atoms with Crippen LogP contribution in [0.15, 0.2) is 18.2 Å². The van der Waals surface area contributed by atoms with Gasteiger partial charge >= 0.3 is 4.83 Å². The van der Waals surface area contributed by atoms with Gasteiger partial charge in [-0.05, 0) is 46.6 Å². The second-order valence-corrected chi connectivity index (χ2v) is 4.22. The number of alkyl halides is 3. The molecular weight excluding hydrogens is 277 g/mol. The quantitative estimate of drug-likeness (QED) is 0.596. The lowest BCUT2D eigenvalue weighted by atomic mass is 10.1. The minimum absolute atomic E-state index is 0.0312. The molecule has 0 atom stereocenters. The van der Waals surface area contributed by atoms with Crippen molar-refractivity contribution in [3.8, 4) is 0 Å². The minimum Gasteiger partial charge on any atom is -0.286 e. The van der Waals surface area contributed by atoms with Crippen molar-refractivity contribution >= 4 is 33.3 Å². The molecule has 0 radical (unpaired) electrons. The second-order valence-electron chi connectivity index (χ2n) is 2.79. The summed E-state index contributed by atoms with van der Waals surface area (Å²) in [5, 5.41) is 0.414. The number of rotatable bonds is 2. The summed E-state index contributed by atoms with van der Waals surface area (Å²) < 4.78 is 25.2. The molecule has 0 saturated heterocycles. The number of ketones is 1. The molecule has 0 saturated carbocycles. The highest BCUT2D eigenvalue weighted by Crippen LogP contribution is 2.28. The predicted octanol–water partition coefficient (Wildman–Crippen LogP) is 3.82. The van der Waals surface area contributed by atoms with Crippen molar-refractivity contribution in [2.75, 3.05) is 0 Å². The third kappa shape index (κ3) is 2.51. The Morgan fingerprint density at radius 1 is 1.50 bits per heavy atom. The van der Waals surface area contributed by atoms with Crippen molar-refractivity contribution < 1.29 is 13.6 Å². The zero-order chi connectivity index (χ0) is 10.9. The normalized spacial score (nSPS) is 11.5. The van der Waals surface area contributed by atoms with Gasteiger partial charge in [-0.2, -0.15) is 8.78 Å². The van der Waals surface area contributed by atoms with Crippen LogP contribution in [0.4, 0.5) is 8.78 Å². The molecule has 0 spiro atoms. The lowest BCUT2D eigenvalue weighted by molar-refractivity contribution is 0.0592. The monoisotopic (exact) mass is 282 g/mol. The fourth-order valence-corrected chi connectivity index (χ4v) is 1.47. The number of aryl methyl sites for hydroxylation is 1. The maximum atomic E-state index is 12.6. The number of hydrogen-bond donors (Lipinski definition) is 0. The van der Waals surface area contributed by atoms with E-state index in [1.807, 2.05) is 15.9 Å². The average Bonchev–Trinajstić information content (AvgIpc) is 2.01. The van der Waals surface area contributed by atoms with Crippen molar-refractivity contribution in [3.05, 3.63) is 34.3 Å². The van der Waals surface area contributed by atoms with E-state index in [4.69, 9.17) is 11.6 Å². The lowest BCUT2D eigenvalue weighted by Gasteiger charge is -2.09. The summed E-state index contributed by atoms with van der Waals surface area (Å²) in [6.07, 6.45) is 0. The number of carbonyl (C=O) groups is 1. The molecule has 0 fully saturated rings. The fourth-order valence-electron chi connectivity index (χ4n) is 1.03. The highest BCUT2D eigenvalue weighted by atomic mass is 79.9. The van der Waals surface area contributed by atoms with Crippen LogP contribution in [-0.2, 0) is 0 Å². The molecule has 1 nitrogen and oxygen atoms in total. The van der Waals surface area contributed by atoms with Crippen LogP contribution in [0.2, 0.25) is 5.02 Å². The van der Waals surface area contributed by atoms with Crippen molar-refractivity contribution in [2.45, 2.75) is 11.8 Å². The number of hydrogen-bond acceptors (Lipinski definition) is 1. The predicted molar refractivity (Wildman–Crippen MR) is 54.4 cm³/mol. The number of Topliss-reactive ketones (excluding diaryl/α,β-unsaturated/α-hetero) is 1. The average molecular weight is 283 g/mol. The zero-order valence-corrected chi connectivity index (χ0v) is 9.49. The van der Waals surface area contributed by atoms with Gasteiger partial charge < -0.3 is 0 Å². The molecule has 14 heavy (non-hydrogen) atoms. The van der Waals surface area contributed by atoms with Crippen LogP contribution < -0.4 is 0 Å². The van der Waals surface area contributed by atoms with E-state index in [2.05, 4.69) is 0 Å². The van der Waals surface area contributed by atoms with Gasteiger partial charge in [-0.3, -0.25) is 4.79 Å². The molecule has 0 unspecified atom stereocenters. The summed E-state index contributed by atoms with van der Waals surface area (Å²) in [4.78, 5) is 7.64. The number of benzene rings is 1. The van der Waals surface area contributed by atoms with Gasteiger partial charge in [-0.1, -0.05) is 11.6 Å². The molecular formula is C9H6BrClF2O. The van der Waals surface area contributed by atoms with Gasteiger partial charge in [0.2, 0.25) is 5.78 Å². The van der Waals surface area contributed by atoms with Gasteiger partial charge in [0.1, 0.15) is 0 Å². The van der Waals surface area contributed by atoms with Crippen LogP contribution in [0.5, 0.6) is 0 Å². The Balaban J connectivity index is 3.15. The Kier molecular flexibility index (Phi) is 3.27. The number of halogens is 4. The molecule has 0 aliphatic rings. The smallest absolute Gasteiger partial charge is 0.286 e. The van der Waals surface area contributed by atoms with Crippen molar-refractivity contribution in [1.82, 2.24) is 0 Å². The van der Waals surface area contributed by atoms with Gasteiger partial charge in [-0.25, -0.2) is 0 Å². The summed E-state index contributed by atoms with van der Waals surface area (Å²) in [6, 6.07) is 4.16. The largest absolute Gasteiger partial charge is 0.363 e. The lowest BCUT2D eigenvalue weighted by Crippen LogP contribution is -2.21. The van der Waals surface area contributed by atoms with E-state index in [-0.39, 0.29) is 5.56 Å². The van der Waals surface area contributed by atoms with Crippen LogP contribution in [0.3, 0.4) is 0 Å². The van der Waals surface area contributed by atoms with Gasteiger partial charge in [0.05, 0.1) is 0 Å². The van der Waals surface area contributed by atoms with E-state index >= 15 is 0 Å². The minimum atomic E-state index is -3.52. The SMILES string of the molecule is Cc1cc(Cl)ccc1C(=O)C(F)(F)Br. The first-order valence-electron chi connectivity index (χ1n) is 3.70. The van der Waals surface area contributed by atoms with E-state index in [1.54, 1.807) is 6.92 Å². The molecule has 0 aliphatic heterocycles. The standard InChI is InChI=1S/C9H6BrClF2O/c1-5-4-6(11)2-3-7(5)8(14)9(10,12)13/h2-4H,1H3. The summed E-state index contributed by atoms with van der Waals surface area (Å²) >= 11 is 7.64. The Hall–Kier alpha value is -0.480. The van der Waals surface area contributed by atoms with Crippen LogP contribution in [-0.4, -0.2) is 10.6 Å². The van der Waals surface area contributed by atoms with E-state index in [1.165, 1.54) is 18.2 Å². The molecule has 0 aromatic heterocycles. The maximum Gasteiger partial charge on any atom is 0.363 e. The molecule has 0 amide bonds. The van der Waals surface area contributed by atoms with E-state index in [9.17, 15) is 13.6 Å². The molecule has 5 heteroatoms. The van der Waals surface area contributed by atoms with Crippen LogP contribution in [0.1, 0.15) is 15.9 Å². The summed E-state index contributed by atoms with van der Waals surface area (Å²) in [6.45, 7) is 1.55. The molecule has 1 aromatic rings. The van der Waals surface area contributed by atoms with Gasteiger partial charge in [0.15, 0.2) is 0 Å². The second kappa shape index (κ2) is 3.95. The van der Waals surface area contributed by atoms with Crippen molar-refractivity contribution in [1.29, 1.82) is 0 Å². The maximum absolute atomic E-state index is 12.6. The first-order valence-corrected chi connectivity index (χ1v) is 4.87. The van der Waals surface area contributed by atoms with Gasteiger partial charge in [0.25, 0.3) is 0 Å². The van der Waals surface area contributed by atoms with Gasteiger partial charge in [-0.15, -0.1) is 0 Å². The van der Waals surface area contributed by atoms with E-state index in [0.717, 1.165) is 0 Å². The van der Waals surface area contributed by atoms with Crippen LogP contribution in [0.25, 0.3) is 0 Å². The molecule has 1 aromatic carbocycles. The van der Waals surface area contributed by atoms with Crippen molar-refractivity contribution in [3.63, 3.8) is 0 Å². The summed E-state index contributed by atoms with van der Waals surface area (Å²) in [7, 11) is 0. The Morgan fingerprint density at radius 2 is 2.07 bits per heavy atom. The van der Waals surface area contributed by atoms with E-state index < -0.39 is 10.6 Å². The first kappa shape index (κ1) is 11.6. The Morgan fingerprint density at radius 3 is 2.50 bits per heavy atom. The number of carbonyl (C=O) groups excluding carboxylic acids is 1. The molecule has 0 N–H and O–H groups in total. The fraction of sp³-hybridized carbons (Fsp3) is 0.222. The molecule has 1 rings (SSSR count).